The molecule has 0 saturated heterocycles. The third-order valence-electron chi connectivity index (χ3n) is 7.08. The smallest absolute Gasteiger partial charge is 0.270 e. The molecule has 2 saturated carbocycles. The highest BCUT2D eigenvalue weighted by Gasteiger charge is 2.44. The average molecular weight is 372 g/mol. The molecular formula is C23H37N3O. The third-order valence-corrected chi connectivity index (χ3v) is 7.08. The number of aromatic nitrogens is 1. The minimum atomic E-state index is -0.0155. The molecule has 1 aromatic rings. The van der Waals surface area contributed by atoms with Crippen molar-refractivity contribution in [1.29, 1.82) is 0 Å². The Balaban J connectivity index is 1.70. The van der Waals surface area contributed by atoms with E-state index in [9.17, 15) is 4.79 Å². The molecule has 4 nitrogen and oxygen atoms in total. The Hall–Kier alpha value is -1.42. The number of nitrogens with one attached hydrogen (secondary N) is 1. The van der Waals surface area contributed by atoms with Crippen LogP contribution in [0.2, 0.25) is 0 Å². The topological polar surface area (TPSA) is 45.2 Å². The molecule has 1 aromatic heterocycles. The molecule has 4 heteroatoms. The first-order chi connectivity index (χ1) is 12.8. The number of fused-ring (bicyclic) bond motifs is 2. The van der Waals surface area contributed by atoms with Crippen molar-refractivity contribution < 1.29 is 4.79 Å². The molecule has 0 radical (unpaired) electrons. The Kier molecular flexibility index (Phi) is 6.25. The number of amides is 1. The van der Waals surface area contributed by atoms with Gasteiger partial charge in [-0.05, 0) is 95.9 Å². The lowest BCUT2D eigenvalue weighted by atomic mass is 9.68. The molecule has 2 fully saturated rings. The molecule has 27 heavy (non-hydrogen) atoms. The van der Waals surface area contributed by atoms with E-state index in [4.69, 9.17) is 0 Å². The fraction of sp³-hybridized carbons (Fsp3) is 0.739. The van der Waals surface area contributed by atoms with Gasteiger partial charge in [-0.25, -0.2) is 4.98 Å². The summed E-state index contributed by atoms with van der Waals surface area (Å²) >= 11 is 0. The van der Waals surface area contributed by atoms with Crippen LogP contribution in [0, 0.1) is 24.7 Å². The fourth-order valence-corrected chi connectivity index (χ4v) is 5.58. The van der Waals surface area contributed by atoms with Gasteiger partial charge in [-0.3, -0.25) is 4.79 Å². The number of nitrogens with zero attached hydrogens (tertiary/aromatic N) is 2. The predicted octanol–water partition coefficient (Wildman–Crippen LogP) is 4.44. The van der Waals surface area contributed by atoms with Crippen molar-refractivity contribution in [2.45, 2.75) is 77.8 Å². The summed E-state index contributed by atoms with van der Waals surface area (Å²) in [4.78, 5) is 19.7. The van der Waals surface area contributed by atoms with Crippen molar-refractivity contribution in [2.75, 3.05) is 13.6 Å². The zero-order chi connectivity index (χ0) is 19.6. The highest BCUT2D eigenvalue weighted by atomic mass is 16.1. The van der Waals surface area contributed by atoms with E-state index in [0.29, 0.717) is 23.1 Å². The van der Waals surface area contributed by atoms with Gasteiger partial charge in [-0.1, -0.05) is 19.9 Å². The van der Waals surface area contributed by atoms with E-state index in [1.807, 2.05) is 25.1 Å². The molecule has 0 aromatic carbocycles. The Bertz CT molecular complexity index is 661. The average Bonchev–Trinajstić information content (AvgIpc) is 2.71. The summed E-state index contributed by atoms with van der Waals surface area (Å²) in [6, 6.07) is 5.93. The zero-order valence-electron chi connectivity index (χ0n) is 17.8. The summed E-state index contributed by atoms with van der Waals surface area (Å²) in [7, 11) is 2.30. The molecule has 1 heterocycles. The van der Waals surface area contributed by atoms with Crippen LogP contribution in [0.3, 0.4) is 0 Å². The third kappa shape index (κ3) is 4.71. The van der Waals surface area contributed by atoms with Crippen LogP contribution < -0.4 is 5.32 Å². The van der Waals surface area contributed by atoms with Crippen molar-refractivity contribution in [2.24, 2.45) is 17.8 Å². The second-order valence-corrected chi connectivity index (χ2v) is 9.47. The monoisotopic (exact) mass is 371 g/mol. The summed E-state index contributed by atoms with van der Waals surface area (Å²) in [6.45, 7) is 10.2. The SMILES string of the molecule is CCCN(C)C1(C)CC2CC(NC(=O)c3cccc(C)n3)CC(C)C(C2)C1. The van der Waals surface area contributed by atoms with E-state index in [-0.39, 0.29) is 11.9 Å². The van der Waals surface area contributed by atoms with Crippen molar-refractivity contribution in [3.05, 3.63) is 29.6 Å². The van der Waals surface area contributed by atoms with Gasteiger partial charge in [0.15, 0.2) is 0 Å². The van der Waals surface area contributed by atoms with Gasteiger partial charge in [0, 0.05) is 17.3 Å². The molecular weight excluding hydrogens is 334 g/mol. The Morgan fingerprint density at radius 3 is 2.78 bits per heavy atom. The molecule has 5 unspecified atom stereocenters. The quantitative estimate of drug-likeness (QED) is 0.832. The van der Waals surface area contributed by atoms with Gasteiger partial charge in [0.2, 0.25) is 0 Å². The first-order valence-electron chi connectivity index (χ1n) is 10.8. The second kappa shape index (κ2) is 8.30. The van der Waals surface area contributed by atoms with Crippen LogP contribution in [0.4, 0.5) is 0 Å². The first kappa shape index (κ1) is 20.3. The molecule has 1 N–H and O–H groups in total. The van der Waals surface area contributed by atoms with E-state index in [2.05, 4.69) is 43.0 Å². The second-order valence-electron chi connectivity index (χ2n) is 9.47. The number of hydrogen-bond acceptors (Lipinski definition) is 3. The van der Waals surface area contributed by atoms with Crippen molar-refractivity contribution in [1.82, 2.24) is 15.2 Å². The number of hydrogen-bond donors (Lipinski definition) is 1. The van der Waals surface area contributed by atoms with Gasteiger partial charge in [-0.15, -0.1) is 0 Å². The van der Waals surface area contributed by atoms with Gasteiger partial charge in [-0.2, -0.15) is 0 Å². The van der Waals surface area contributed by atoms with Gasteiger partial charge in [0.25, 0.3) is 5.91 Å². The van der Waals surface area contributed by atoms with E-state index < -0.39 is 0 Å². The van der Waals surface area contributed by atoms with Gasteiger partial charge in [0.1, 0.15) is 5.69 Å². The van der Waals surface area contributed by atoms with Crippen LogP contribution in [-0.4, -0.2) is 41.0 Å². The molecule has 2 bridgehead atoms. The molecule has 2 aliphatic carbocycles. The van der Waals surface area contributed by atoms with Crippen LogP contribution in [-0.2, 0) is 0 Å². The molecule has 150 valence electrons. The number of carbonyl (C=O) groups excluding carboxylic acids is 1. The molecule has 3 rings (SSSR count). The lowest BCUT2D eigenvalue weighted by Gasteiger charge is -2.48. The van der Waals surface area contributed by atoms with Crippen LogP contribution in [0.5, 0.6) is 0 Å². The summed E-state index contributed by atoms with van der Waals surface area (Å²) in [5.74, 6) is 2.11. The maximum atomic E-state index is 12.7. The van der Waals surface area contributed by atoms with Crippen molar-refractivity contribution in [3.8, 4) is 0 Å². The molecule has 0 spiro atoms. The maximum absolute atomic E-state index is 12.7. The van der Waals surface area contributed by atoms with Crippen LogP contribution in [0.25, 0.3) is 0 Å². The maximum Gasteiger partial charge on any atom is 0.270 e. The fourth-order valence-electron chi connectivity index (χ4n) is 5.58. The number of carbonyl (C=O) groups is 1. The van der Waals surface area contributed by atoms with E-state index in [1.54, 1.807) is 0 Å². The van der Waals surface area contributed by atoms with Gasteiger partial charge < -0.3 is 10.2 Å². The van der Waals surface area contributed by atoms with Crippen LogP contribution in [0.1, 0.15) is 75.5 Å². The number of aryl methyl sites for hydroxylation is 1. The van der Waals surface area contributed by atoms with Crippen molar-refractivity contribution in [3.63, 3.8) is 0 Å². The van der Waals surface area contributed by atoms with E-state index in [1.165, 1.54) is 32.2 Å². The predicted molar refractivity (Wildman–Crippen MR) is 111 cm³/mol. The summed E-state index contributed by atoms with van der Waals surface area (Å²) in [6.07, 6.45) is 7.27. The Morgan fingerprint density at radius 1 is 1.30 bits per heavy atom. The van der Waals surface area contributed by atoms with Crippen LogP contribution in [0.15, 0.2) is 18.2 Å². The molecule has 2 aliphatic rings. The summed E-state index contributed by atoms with van der Waals surface area (Å²) in [5.41, 5.74) is 1.74. The molecule has 5 atom stereocenters. The Labute approximate surface area is 165 Å². The van der Waals surface area contributed by atoms with E-state index in [0.717, 1.165) is 24.5 Å². The van der Waals surface area contributed by atoms with Crippen LogP contribution >= 0.6 is 0 Å². The molecule has 1 amide bonds. The summed E-state index contributed by atoms with van der Waals surface area (Å²) in [5, 5.41) is 3.31. The first-order valence-corrected chi connectivity index (χ1v) is 10.8. The highest BCUT2D eigenvalue weighted by molar-refractivity contribution is 5.92. The minimum Gasteiger partial charge on any atom is -0.348 e. The van der Waals surface area contributed by atoms with Gasteiger partial charge in [0.05, 0.1) is 0 Å². The number of pyridine rings is 1. The lowest BCUT2D eigenvalue weighted by Crippen LogP contribution is -2.50. The zero-order valence-corrected chi connectivity index (χ0v) is 17.8. The lowest BCUT2D eigenvalue weighted by molar-refractivity contribution is 0.0290. The normalized spacial score (nSPS) is 33.6. The standard InChI is InChI=1S/C23H37N3O/c1-6-10-26(5)23(4)14-18-12-19(15-23)16(2)11-20(13-18)25-22(27)21-9-7-8-17(3)24-21/h7-9,16,18-20H,6,10-15H2,1-5H3,(H,25,27). The van der Waals surface area contributed by atoms with Crippen molar-refractivity contribution >= 4 is 5.91 Å². The van der Waals surface area contributed by atoms with Gasteiger partial charge >= 0.3 is 0 Å². The van der Waals surface area contributed by atoms with E-state index >= 15 is 0 Å². The minimum absolute atomic E-state index is 0.0155. The molecule has 0 aliphatic heterocycles. The Morgan fingerprint density at radius 2 is 2.07 bits per heavy atom. The highest BCUT2D eigenvalue weighted by Crippen LogP contribution is 2.47. The largest absolute Gasteiger partial charge is 0.348 e. The summed E-state index contributed by atoms with van der Waals surface area (Å²) < 4.78 is 0. The number of rotatable bonds is 5.